The molecule has 0 fully saturated rings. The summed E-state index contributed by atoms with van der Waals surface area (Å²) in [5.41, 5.74) is 1.81. The molecule has 1 aromatic heterocycles. The second-order valence-electron chi connectivity index (χ2n) is 4.34. The van der Waals surface area contributed by atoms with Crippen molar-refractivity contribution in [3.63, 3.8) is 0 Å². The van der Waals surface area contributed by atoms with Crippen molar-refractivity contribution in [3.8, 4) is 11.6 Å². The number of fused-ring (bicyclic) bond motifs is 1. The Bertz CT molecular complexity index is 578. The van der Waals surface area contributed by atoms with Crippen molar-refractivity contribution in [1.82, 2.24) is 4.98 Å². The zero-order valence-electron chi connectivity index (χ0n) is 9.93. The number of nitrogens with zero attached hydrogens (tertiary/aromatic N) is 1. The van der Waals surface area contributed by atoms with Crippen molar-refractivity contribution < 1.29 is 9.53 Å². The van der Waals surface area contributed by atoms with Crippen LogP contribution in [0, 0.1) is 0 Å². The molecule has 1 heterocycles. The average molecular weight is 239 g/mol. The van der Waals surface area contributed by atoms with Gasteiger partial charge in [0.25, 0.3) is 0 Å². The van der Waals surface area contributed by atoms with E-state index in [4.69, 9.17) is 4.74 Å². The zero-order valence-corrected chi connectivity index (χ0v) is 9.93. The molecule has 0 amide bonds. The van der Waals surface area contributed by atoms with Crippen molar-refractivity contribution in [2.45, 2.75) is 19.3 Å². The molecule has 3 rings (SSSR count). The number of benzene rings is 1. The fourth-order valence-corrected chi connectivity index (χ4v) is 2.27. The predicted octanol–water partition coefficient (Wildman–Crippen LogP) is 3.39. The fraction of sp³-hybridized carbons (Fsp3) is 0.200. The summed E-state index contributed by atoms with van der Waals surface area (Å²) in [6.07, 6.45) is 4.15. The van der Waals surface area contributed by atoms with Crippen LogP contribution in [0.15, 0.2) is 42.6 Å². The normalized spacial score (nSPS) is 14.1. The van der Waals surface area contributed by atoms with Crippen LogP contribution in [0.3, 0.4) is 0 Å². The Morgan fingerprint density at radius 3 is 2.83 bits per heavy atom. The van der Waals surface area contributed by atoms with Crippen LogP contribution >= 0.6 is 0 Å². The first-order chi connectivity index (χ1) is 8.84. The van der Waals surface area contributed by atoms with E-state index in [1.54, 1.807) is 12.3 Å². The van der Waals surface area contributed by atoms with Crippen LogP contribution in [0.1, 0.15) is 28.8 Å². The zero-order chi connectivity index (χ0) is 12.4. The lowest BCUT2D eigenvalue weighted by atomic mass is 9.90. The molecule has 2 aromatic rings. The van der Waals surface area contributed by atoms with Crippen molar-refractivity contribution in [2.75, 3.05) is 0 Å². The number of hydrogen-bond donors (Lipinski definition) is 0. The van der Waals surface area contributed by atoms with E-state index in [1.807, 2.05) is 30.3 Å². The van der Waals surface area contributed by atoms with E-state index in [0.29, 0.717) is 18.1 Å². The highest BCUT2D eigenvalue weighted by atomic mass is 16.5. The van der Waals surface area contributed by atoms with Gasteiger partial charge in [-0.05, 0) is 30.5 Å². The molecule has 90 valence electrons. The summed E-state index contributed by atoms with van der Waals surface area (Å²) < 4.78 is 5.72. The van der Waals surface area contributed by atoms with Gasteiger partial charge in [-0.1, -0.05) is 18.2 Å². The Labute approximate surface area is 105 Å². The molecule has 0 spiro atoms. The van der Waals surface area contributed by atoms with Crippen molar-refractivity contribution >= 4 is 5.78 Å². The maximum absolute atomic E-state index is 12.0. The Hall–Kier alpha value is -2.16. The van der Waals surface area contributed by atoms with Crippen LogP contribution in [0.25, 0.3) is 0 Å². The highest BCUT2D eigenvalue weighted by Crippen LogP contribution is 2.31. The van der Waals surface area contributed by atoms with Crippen LogP contribution in [-0.4, -0.2) is 10.8 Å². The van der Waals surface area contributed by atoms with Gasteiger partial charge in [0.05, 0.1) is 5.56 Å². The molecule has 1 aromatic carbocycles. The van der Waals surface area contributed by atoms with Gasteiger partial charge in [0.2, 0.25) is 5.88 Å². The number of Topliss-reactive ketones (excluding diaryl/α,β-unsaturated/α-hetero) is 1. The predicted molar refractivity (Wildman–Crippen MR) is 68.0 cm³/mol. The number of pyridine rings is 1. The molecule has 0 saturated heterocycles. The molecular weight excluding hydrogens is 226 g/mol. The molecule has 3 heteroatoms. The Morgan fingerprint density at radius 1 is 1.06 bits per heavy atom. The molecule has 0 N–H and O–H groups in total. The van der Waals surface area contributed by atoms with E-state index in [-0.39, 0.29) is 5.78 Å². The maximum Gasteiger partial charge on any atom is 0.219 e. The number of rotatable bonds is 2. The minimum Gasteiger partial charge on any atom is -0.438 e. The average Bonchev–Trinajstić information content (AvgIpc) is 2.40. The standard InChI is InChI=1S/C15H13NO2/c17-12-7-3-5-11-6-4-8-13(15(11)12)18-14-9-1-2-10-16-14/h1-2,4,6,8-10H,3,5,7H2. The number of ether oxygens (including phenoxy) is 1. The Balaban J connectivity index is 2.00. The molecule has 0 bridgehead atoms. The molecule has 18 heavy (non-hydrogen) atoms. The van der Waals surface area contributed by atoms with Gasteiger partial charge < -0.3 is 4.74 Å². The van der Waals surface area contributed by atoms with Gasteiger partial charge in [-0.2, -0.15) is 0 Å². The first kappa shape index (κ1) is 11.0. The lowest BCUT2D eigenvalue weighted by Gasteiger charge is -2.17. The van der Waals surface area contributed by atoms with E-state index in [1.165, 1.54) is 0 Å². The first-order valence-corrected chi connectivity index (χ1v) is 6.08. The summed E-state index contributed by atoms with van der Waals surface area (Å²) in [5.74, 6) is 1.31. The molecule has 0 unspecified atom stereocenters. The maximum atomic E-state index is 12.0. The van der Waals surface area contributed by atoms with Crippen molar-refractivity contribution in [3.05, 3.63) is 53.7 Å². The van der Waals surface area contributed by atoms with Crippen molar-refractivity contribution in [1.29, 1.82) is 0 Å². The Kier molecular flexibility index (Phi) is 2.81. The van der Waals surface area contributed by atoms with Crippen molar-refractivity contribution in [2.24, 2.45) is 0 Å². The molecule has 1 aliphatic rings. The largest absolute Gasteiger partial charge is 0.438 e. The van der Waals surface area contributed by atoms with Gasteiger partial charge in [-0.3, -0.25) is 4.79 Å². The number of aromatic nitrogens is 1. The molecule has 0 radical (unpaired) electrons. The van der Waals surface area contributed by atoms with Gasteiger partial charge in [0.1, 0.15) is 5.75 Å². The molecular formula is C15H13NO2. The molecule has 1 aliphatic carbocycles. The number of hydrogen-bond acceptors (Lipinski definition) is 3. The summed E-state index contributed by atoms with van der Waals surface area (Å²) in [6.45, 7) is 0. The second kappa shape index (κ2) is 4.61. The van der Waals surface area contributed by atoms with E-state index >= 15 is 0 Å². The third-order valence-corrected chi connectivity index (χ3v) is 3.09. The summed E-state index contributed by atoms with van der Waals surface area (Å²) in [5, 5.41) is 0. The minimum absolute atomic E-state index is 0.169. The minimum atomic E-state index is 0.169. The third kappa shape index (κ3) is 1.99. The van der Waals surface area contributed by atoms with Gasteiger partial charge >= 0.3 is 0 Å². The fourth-order valence-electron chi connectivity index (χ4n) is 2.27. The molecule has 3 nitrogen and oxygen atoms in total. The Morgan fingerprint density at radius 2 is 2.00 bits per heavy atom. The third-order valence-electron chi connectivity index (χ3n) is 3.09. The summed E-state index contributed by atoms with van der Waals surface area (Å²) in [4.78, 5) is 16.1. The number of carbonyl (C=O) groups excluding carboxylic acids is 1. The van der Waals surface area contributed by atoms with Crippen LogP contribution in [0.2, 0.25) is 0 Å². The van der Waals surface area contributed by atoms with Crippen LogP contribution in [0.5, 0.6) is 11.6 Å². The van der Waals surface area contributed by atoms with Gasteiger partial charge in [-0.15, -0.1) is 0 Å². The van der Waals surface area contributed by atoms with Gasteiger partial charge in [0, 0.05) is 18.7 Å². The molecule has 0 saturated carbocycles. The number of carbonyl (C=O) groups is 1. The highest BCUT2D eigenvalue weighted by Gasteiger charge is 2.21. The van der Waals surface area contributed by atoms with Crippen LogP contribution in [0.4, 0.5) is 0 Å². The SMILES string of the molecule is O=C1CCCc2cccc(Oc3ccccn3)c21. The van der Waals surface area contributed by atoms with Crippen LogP contribution in [-0.2, 0) is 6.42 Å². The summed E-state index contributed by atoms with van der Waals surface area (Å²) in [6, 6.07) is 11.2. The lowest BCUT2D eigenvalue weighted by Crippen LogP contribution is -2.12. The number of aryl methyl sites for hydroxylation is 1. The quantitative estimate of drug-likeness (QED) is 0.806. The van der Waals surface area contributed by atoms with Gasteiger partial charge in [0.15, 0.2) is 5.78 Å². The second-order valence-corrected chi connectivity index (χ2v) is 4.34. The molecule has 0 atom stereocenters. The van der Waals surface area contributed by atoms with E-state index in [0.717, 1.165) is 24.0 Å². The monoisotopic (exact) mass is 239 g/mol. The summed E-state index contributed by atoms with van der Waals surface area (Å²) >= 11 is 0. The smallest absolute Gasteiger partial charge is 0.219 e. The molecule has 0 aliphatic heterocycles. The number of ketones is 1. The van der Waals surface area contributed by atoms with Crippen LogP contribution < -0.4 is 4.74 Å². The summed E-state index contributed by atoms with van der Waals surface area (Å²) in [7, 11) is 0. The van der Waals surface area contributed by atoms with E-state index in [2.05, 4.69) is 4.98 Å². The van der Waals surface area contributed by atoms with Gasteiger partial charge in [-0.25, -0.2) is 4.98 Å². The highest BCUT2D eigenvalue weighted by molar-refractivity contribution is 6.01. The topological polar surface area (TPSA) is 39.2 Å². The first-order valence-electron chi connectivity index (χ1n) is 6.08. The van der Waals surface area contributed by atoms with E-state index < -0.39 is 0 Å². The van der Waals surface area contributed by atoms with E-state index in [9.17, 15) is 4.79 Å². The lowest BCUT2D eigenvalue weighted by molar-refractivity contribution is 0.0970.